The number of benzene rings is 1. The normalized spacial score (nSPS) is 16.1. The van der Waals surface area contributed by atoms with Crippen LogP contribution in [-0.2, 0) is 12.6 Å². The third kappa shape index (κ3) is 2.67. The lowest BCUT2D eigenvalue weighted by molar-refractivity contribution is -0.137. The van der Waals surface area contributed by atoms with E-state index in [-0.39, 0.29) is 12.3 Å². The van der Waals surface area contributed by atoms with Crippen molar-refractivity contribution in [3.63, 3.8) is 0 Å². The van der Waals surface area contributed by atoms with Crippen molar-refractivity contribution in [3.8, 4) is 0 Å². The maximum absolute atomic E-state index is 12.6. The molecule has 0 saturated carbocycles. The number of hydrogen-bond donors (Lipinski definition) is 1. The highest BCUT2D eigenvalue weighted by atomic mass is 19.4. The first-order valence-electron chi connectivity index (χ1n) is 6.22. The Balaban J connectivity index is 1.75. The van der Waals surface area contributed by atoms with E-state index in [9.17, 15) is 13.2 Å². The maximum atomic E-state index is 12.6. The summed E-state index contributed by atoms with van der Waals surface area (Å²) in [5, 5.41) is 6.90. The molecule has 4 nitrogen and oxygen atoms in total. The highest BCUT2D eigenvalue weighted by Gasteiger charge is 2.30. The summed E-state index contributed by atoms with van der Waals surface area (Å²) in [4.78, 5) is 4.22. The zero-order chi connectivity index (χ0) is 14.2. The molecule has 0 unspecified atom stereocenters. The first kappa shape index (κ1) is 13.1. The molecule has 1 N–H and O–H groups in total. The van der Waals surface area contributed by atoms with Crippen molar-refractivity contribution >= 4 is 0 Å². The molecule has 3 rings (SSSR count). The number of alkyl halides is 3. The number of aromatic nitrogens is 2. The molecule has 0 spiro atoms. The molecule has 1 saturated heterocycles. The first-order chi connectivity index (χ1) is 9.52. The van der Waals surface area contributed by atoms with Crippen LogP contribution in [0.2, 0.25) is 0 Å². The van der Waals surface area contributed by atoms with E-state index in [0.717, 1.165) is 25.2 Å². The summed E-state index contributed by atoms with van der Waals surface area (Å²) in [6.45, 7) is 1.59. The summed E-state index contributed by atoms with van der Waals surface area (Å²) >= 11 is 0. The van der Waals surface area contributed by atoms with Gasteiger partial charge in [0, 0.05) is 19.5 Å². The van der Waals surface area contributed by atoms with Crippen LogP contribution in [0.15, 0.2) is 28.8 Å². The van der Waals surface area contributed by atoms with Crippen LogP contribution in [0.3, 0.4) is 0 Å². The molecule has 1 aromatic heterocycles. The van der Waals surface area contributed by atoms with E-state index in [4.69, 9.17) is 4.52 Å². The molecule has 20 heavy (non-hydrogen) atoms. The van der Waals surface area contributed by atoms with Gasteiger partial charge in [0.05, 0.1) is 11.5 Å². The van der Waals surface area contributed by atoms with Crippen molar-refractivity contribution in [2.75, 3.05) is 13.1 Å². The summed E-state index contributed by atoms with van der Waals surface area (Å²) in [6, 6.07) is 5.16. The van der Waals surface area contributed by atoms with Crippen molar-refractivity contribution in [1.29, 1.82) is 0 Å². The molecule has 2 aromatic rings. The van der Waals surface area contributed by atoms with Gasteiger partial charge in [-0.1, -0.05) is 23.4 Å². The molecule has 0 radical (unpaired) electrons. The minimum absolute atomic E-state index is 0.220. The molecule has 1 aromatic carbocycles. The zero-order valence-corrected chi connectivity index (χ0v) is 10.4. The van der Waals surface area contributed by atoms with Crippen LogP contribution in [0.25, 0.3) is 0 Å². The summed E-state index contributed by atoms with van der Waals surface area (Å²) in [5.74, 6) is 1.18. The second-order valence-electron chi connectivity index (χ2n) is 4.78. The molecule has 7 heteroatoms. The van der Waals surface area contributed by atoms with Gasteiger partial charge in [-0.3, -0.25) is 0 Å². The molecule has 1 fully saturated rings. The number of nitrogens with zero attached hydrogens (tertiary/aromatic N) is 2. The lowest BCUT2D eigenvalue weighted by Crippen LogP contribution is -2.40. The van der Waals surface area contributed by atoms with Crippen molar-refractivity contribution in [1.82, 2.24) is 15.5 Å². The Morgan fingerprint density at radius 2 is 2.10 bits per heavy atom. The standard InChI is InChI=1S/C13H12F3N3O/c14-13(15,16)10-3-1-2-8(4-10)5-11-18-12(20-19-11)9-6-17-7-9/h1-4,9,17H,5-7H2. The number of hydrogen-bond acceptors (Lipinski definition) is 4. The van der Waals surface area contributed by atoms with Gasteiger partial charge >= 0.3 is 6.18 Å². The van der Waals surface area contributed by atoms with Gasteiger partial charge in [0.25, 0.3) is 0 Å². The van der Waals surface area contributed by atoms with Gasteiger partial charge in [-0.05, 0) is 11.6 Å². The van der Waals surface area contributed by atoms with E-state index in [1.807, 2.05) is 0 Å². The quantitative estimate of drug-likeness (QED) is 0.939. The largest absolute Gasteiger partial charge is 0.416 e. The Bertz CT molecular complexity index is 605. The summed E-state index contributed by atoms with van der Waals surface area (Å²) in [6.07, 6.45) is -4.11. The highest BCUT2D eigenvalue weighted by Crippen LogP contribution is 2.30. The van der Waals surface area contributed by atoms with Crippen LogP contribution in [-0.4, -0.2) is 23.2 Å². The van der Waals surface area contributed by atoms with E-state index in [1.54, 1.807) is 6.07 Å². The Hall–Kier alpha value is -1.89. The van der Waals surface area contributed by atoms with Crippen LogP contribution < -0.4 is 5.32 Å². The Labute approximate surface area is 113 Å². The molecule has 0 aliphatic carbocycles. The minimum atomic E-state index is -4.34. The highest BCUT2D eigenvalue weighted by molar-refractivity contribution is 5.27. The lowest BCUT2D eigenvalue weighted by Gasteiger charge is -2.22. The molecule has 1 aliphatic rings. The second kappa shape index (κ2) is 4.90. The Morgan fingerprint density at radius 1 is 1.30 bits per heavy atom. The average molecular weight is 283 g/mol. The summed E-state index contributed by atoms with van der Waals surface area (Å²) in [7, 11) is 0. The van der Waals surface area contributed by atoms with Crippen LogP contribution in [0.5, 0.6) is 0 Å². The van der Waals surface area contributed by atoms with E-state index in [0.29, 0.717) is 17.3 Å². The molecule has 0 atom stereocenters. The van der Waals surface area contributed by atoms with Crippen molar-refractivity contribution in [2.24, 2.45) is 0 Å². The fourth-order valence-corrected chi connectivity index (χ4v) is 2.01. The van der Waals surface area contributed by atoms with E-state index in [1.165, 1.54) is 6.07 Å². The van der Waals surface area contributed by atoms with Gasteiger partial charge in [0.2, 0.25) is 5.89 Å². The Morgan fingerprint density at radius 3 is 2.75 bits per heavy atom. The van der Waals surface area contributed by atoms with E-state index in [2.05, 4.69) is 15.5 Å². The summed E-state index contributed by atoms with van der Waals surface area (Å²) in [5.41, 5.74) is -0.152. The summed E-state index contributed by atoms with van der Waals surface area (Å²) < 4.78 is 43.0. The average Bonchev–Trinajstić information content (AvgIpc) is 2.74. The molecule has 1 aliphatic heterocycles. The van der Waals surface area contributed by atoms with Crippen molar-refractivity contribution in [3.05, 3.63) is 47.1 Å². The SMILES string of the molecule is FC(F)(F)c1cccc(Cc2noc(C3CNC3)n2)c1. The fourth-order valence-electron chi connectivity index (χ4n) is 2.01. The predicted molar refractivity (Wildman–Crippen MR) is 64.2 cm³/mol. The van der Waals surface area contributed by atoms with Crippen molar-refractivity contribution < 1.29 is 17.7 Å². The van der Waals surface area contributed by atoms with Gasteiger partial charge in [-0.25, -0.2) is 0 Å². The van der Waals surface area contributed by atoms with Gasteiger partial charge in [-0.15, -0.1) is 0 Å². The maximum Gasteiger partial charge on any atom is 0.416 e. The van der Waals surface area contributed by atoms with Crippen LogP contribution in [0.4, 0.5) is 13.2 Å². The molecule has 0 bridgehead atoms. The van der Waals surface area contributed by atoms with Gasteiger partial charge in [0.15, 0.2) is 5.82 Å². The predicted octanol–water partition coefficient (Wildman–Crippen LogP) is 2.37. The van der Waals surface area contributed by atoms with Crippen LogP contribution >= 0.6 is 0 Å². The topological polar surface area (TPSA) is 51.0 Å². The third-order valence-electron chi connectivity index (χ3n) is 3.23. The number of nitrogens with one attached hydrogen (secondary N) is 1. The molecule has 0 amide bonds. The Kier molecular flexibility index (Phi) is 3.21. The first-order valence-corrected chi connectivity index (χ1v) is 6.22. The monoisotopic (exact) mass is 283 g/mol. The van der Waals surface area contributed by atoms with E-state index < -0.39 is 11.7 Å². The zero-order valence-electron chi connectivity index (χ0n) is 10.4. The smallest absolute Gasteiger partial charge is 0.339 e. The third-order valence-corrected chi connectivity index (χ3v) is 3.23. The van der Waals surface area contributed by atoms with Crippen LogP contribution in [0, 0.1) is 0 Å². The molecular formula is C13H12F3N3O. The fraction of sp³-hybridized carbons (Fsp3) is 0.385. The van der Waals surface area contributed by atoms with Gasteiger partial charge in [0.1, 0.15) is 0 Å². The second-order valence-corrected chi connectivity index (χ2v) is 4.78. The van der Waals surface area contributed by atoms with Crippen LogP contribution in [0.1, 0.15) is 28.8 Å². The number of halogens is 3. The van der Waals surface area contributed by atoms with Crippen molar-refractivity contribution in [2.45, 2.75) is 18.5 Å². The van der Waals surface area contributed by atoms with Gasteiger partial charge in [-0.2, -0.15) is 18.2 Å². The molecule has 2 heterocycles. The van der Waals surface area contributed by atoms with Gasteiger partial charge < -0.3 is 9.84 Å². The molecular weight excluding hydrogens is 271 g/mol. The molecule has 106 valence electrons. The lowest BCUT2D eigenvalue weighted by atomic mass is 10.0. The number of rotatable bonds is 3. The minimum Gasteiger partial charge on any atom is -0.339 e. The van der Waals surface area contributed by atoms with E-state index >= 15 is 0 Å².